The first-order chi connectivity index (χ1) is 11.6. The summed E-state index contributed by atoms with van der Waals surface area (Å²) in [6.07, 6.45) is 1.86. The van der Waals surface area contributed by atoms with E-state index in [1.54, 1.807) is 0 Å². The molecule has 4 amide bonds. The van der Waals surface area contributed by atoms with Crippen molar-refractivity contribution in [1.82, 2.24) is 14.7 Å². The van der Waals surface area contributed by atoms with Crippen molar-refractivity contribution in [1.29, 1.82) is 0 Å². The number of likely N-dealkylation sites (tertiary alicyclic amines) is 1. The second kappa shape index (κ2) is 7.11. The Balaban J connectivity index is 1.45. The zero-order valence-corrected chi connectivity index (χ0v) is 13.7. The highest BCUT2D eigenvalue weighted by Crippen LogP contribution is 2.18. The first-order valence-electron chi connectivity index (χ1n) is 8.07. The summed E-state index contributed by atoms with van der Waals surface area (Å²) < 4.78 is 5.93. The summed E-state index contributed by atoms with van der Waals surface area (Å²) in [6.45, 7) is 2.22. The molecule has 0 unspecified atom stereocenters. The fourth-order valence-electron chi connectivity index (χ4n) is 2.94. The van der Waals surface area contributed by atoms with E-state index in [9.17, 15) is 14.4 Å². The van der Waals surface area contributed by atoms with E-state index in [0.29, 0.717) is 6.61 Å². The van der Waals surface area contributed by atoms with E-state index >= 15 is 0 Å². The largest absolute Gasteiger partial charge is 0.373 e. The standard InChI is InChI=1S/C17H21N3O4/c1-18-15(21)16(22)20(17(18)23)12-19-9-7-14(8-10-19)24-11-13-5-3-2-4-6-13/h2-6,14H,7-12H2,1H3. The Kier molecular flexibility index (Phi) is 4.92. The van der Waals surface area contributed by atoms with Gasteiger partial charge in [0.05, 0.1) is 19.4 Å². The maximum absolute atomic E-state index is 11.9. The van der Waals surface area contributed by atoms with Crippen molar-refractivity contribution in [3.63, 3.8) is 0 Å². The molecule has 1 aromatic carbocycles. The van der Waals surface area contributed by atoms with Crippen molar-refractivity contribution in [2.75, 3.05) is 26.8 Å². The first kappa shape index (κ1) is 16.6. The Morgan fingerprint density at radius 2 is 1.71 bits per heavy atom. The van der Waals surface area contributed by atoms with Crippen LogP contribution in [0.15, 0.2) is 30.3 Å². The maximum atomic E-state index is 11.9. The minimum Gasteiger partial charge on any atom is -0.373 e. The van der Waals surface area contributed by atoms with Crippen molar-refractivity contribution < 1.29 is 19.1 Å². The van der Waals surface area contributed by atoms with E-state index < -0.39 is 17.8 Å². The van der Waals surface area contributed by atoms with Crippen LogP contribution in [0.2, 0.25) is 0 Å². The topological polar surface area (TPSA) is 70.2 Å². The Hall–Kier alpha value is -2.25. The second-order valence-electron chi connectivity index (χ2n) is 6.14. The molecule has 1 aromatic rings. The average molecular weight is 331 g/mol. The van der Waals surface area contributed by atoms with Crippen molar-refractivity contribution in [2.24, 2.45) is 0 Å². The van der Waals surface area contributed by atoms with Crippen LogP contribution < -0.4 is 0 Å². The quantitative estimate of drug-likeness (QED) is 0.596. The summed E-state index contributed by atoms with van der Waals surface area (Å²) in [4.78, 5) is 39.1. The summed E-state index contributed by atoms with van der Waals surface area (Å²) in [7, 11) is 1.33. The van der Waals surface area contributed by atoms with Crippen LogP contribution in [0, 0.1) is 0 Å². The molecule has 0 atom stereocenters. The minimum absolute atomic E-state index is 0.166. The molecule has 7 nitrogen and oxygen atoms in total. The fraction of sp³-hybridized carbons (Fsp3) is 0.471. The van der Waals surface area contributed by atoms with E-state index in [-0.39, 0.29) is 12.8 Å². The van der Waals surface area contributed by atoms with Gasteiger partial charge < -0.3 is 4.74 Å². The van der Waals surface area contributed by atoms with Crippen LogP contribution in [-0.2, 0) is 20.9 Å². The van der Waals surface area contributed by atoms with Crippen LogP contribution in [0.1, 0.15) is 18.4 Å². The number of rotatable bonds is 5. The molecule has 2 aliphatic rings. The van der Waals surface area contributed by atoms with E-state index in [0.717, 1.165) is 41.3 Å². The third-order valence-corrected chi connectivity index (χ3v) is 4.46. The van der Waals surface area contributed by atoms with Crippen molar-refractivity contribution >= 4 is 17.8 Å². The maximum Gasteiger partial charge on any atom is 0.335 e. The summed E-state index contributed by atoms with van der Waals surface area (Å²) in [6, 6.07) is 9.48. The van der Waals surface area contributed by atoms with Crippen molar-refractivity contribution in [3.05, 3.63) is 35.9 Å². The number of ether oxygens (including phenoxy) is 1. The Bertz CT molecular complexity index is 626. The molecular formula is C17H21N3O4. The van der Waals surface area contributed by atoms with Gasteiger partial charge in [0.1, 0.15) is 0 Å². The highest BCUT2D eigenvalue weighted by molar-refractivity contribution is 6.44. The van der Waals surface area contributed by atoms with Crippen LogP contribution in [0.25, 0.3) is 0 Å². The van der Waals surface area contributed by atoms with E-state index in [1.807, 2.05) is 35.2 Å². The molecule has 2 fully saturated rings. The summed E-state index contributed by atoms with van der Waals surface area (Å²) >= 11 is 0. The van der Waals surface area contributed by atoms with Gasteiger partial charge in [0.25, 0.3) is 0 Å². The molecule has 24 heavy (non-hydrogen) atoms. The summed E-state index contributed by atoms with van der Waals surface area (Å²) in [5.41, 5.74) is 1.15. The van der Waals surface area contributed by atoms with Gasteiger partial charge in [-0.3, -0.25) is 19.4 Å². The lowest BCUT2D eigenvalue weighted by molar-refractivity contribution is -0.143. The van der Waals surface area contributed by atoms with Crippen molar-refractivity contribution in [3.8, 4) is 0 Å². The van der Waals surface area contributed by atoms with Gasteiger partial charge in [0, 0.05) is 20.1 Å². The number of likely N-dealkylation sites (N-methyl/N-ethyl adjacent to an activating group) is 1. The predicted octanol–water partition coefficient (Wildman–Crippen LogP) is 1.05. The average Bonchev–Trinajstić information content (AvgIpc) is 2.80. The molecule has 128 valence electrons. The number of hydrogen-bond acceptors (Lipinski definition) is 5. The van der Waals surface area contributed by atoms with Gasteiger partial charge in [0.15, 0.2) is 0 Å². The highest BCUT2D eigenvalue weighted by Gasteiger charge is 2.43. The van der Waals surface area contributed by atoms with Crippen LogP contribution in [0.5, 0.6) is 0 Å². The molecule has 0 bridgehead atoms. The van der Waals surface area contributed by atoms with E-state index in [2.05, 4.69) is 0 Å². The molecule has 7 heteroatoms. The molecule has 0 spiro atoms. The fourth-order valence-corrected chi connectivity index (χ4v) is 2.94. The highest BCUT2D eigenvalue weighted by atomic mass is 16.5. The molecule has 2 saturated heterocycles. The lowest BCUT2D eigenvalue weighted by Crippen LogP contribution is -2.46. The minimum atomic E-state index is -0.763. The van der Waals surface area contributed by atoms with E-state index in [4.69, 9.17) is 4.74 Å². The number of imide groups is 2. The van der Waals surface area contributed by atoms with Crippen LogP contribution in [0.3, 0.4) is 0 Å². The Morgan fingerprint density at radius 3 is 2.29 bits per heavy atom. The third kappa shape index (κ3) is 3.47. The lowest BCUT2D eigenvalue weighted by Gasteiger charge is -2.33. The molecule has 0 radical (unpaired) electrons. The smallest absolute Gasteiger partial charge is 0.335 e. The number of carbonyl (C=O) groups excluding carboxylic acids is 3. The van der Waals surface area contributed by atoms with Gasteiger partial charge in [0.2, 0.25) is 0 Å². The van der Waals surface area contributed by atoms with Gasteiger partial charge in [-0.1, -0.05) is 30.3 Å². The SMILES string of the molecule is CN1C(=O)C(=O)N(CN2CCC(OCc3ccccc3)CC2)C1=O. The van der Waals surface area contributed by atoms with E-state index in [1.165, 1.54) is 7.05 Å². The Labute approximate surface area is 140 Å². The zero-order valence-electron chi connectivity index (χ0n) is 13.7. The van der Waals surface area contributed by atoms with Gasteiger partial charge in [-0.2, -0.15) is 0 Å². The van der Waals surface area contributed by atoms with Crippen LogP contribution >= 0.6 is 0 Å². The summed E-state index contributed by atoms with van der Waals surface area (Å²) in [5.74, 6) is -1.51. The number of benzene rings is 1. The molecule has 2 heterocycles. The number of hydrogen-bond donors (Lipinski definition) is 0. The third-order valence-electron chi connectivity index (χ3n) is 4.46. The second-order valence-corrected chi connectivity index (χ2v) is 6.14. The number of amides is 4. The number of urea groups is 1. The molecule has 0 N–H and O–H groups in total. The summed E-state index contributed by atoms with van der Waals surface area (Å²) in [5, 5.41) is 0. The number of nitrogens with zero attached hydrogens (tertiary/aromatic N) is 3. The normalized spacial score (nSPS) is 20.3. The first-order valence-corrected chi connectivity index (χ1v) is 8.07. The monoisotopic (exact) mass is 331 g/mol. The lowest BCUT2D eigenvalue weighted by atomic mass is 10.1. The van der Waals surface area contributed by atoms with Gasteiger partial charge in [-0.25, -0.2) is 9.69 Å². The molecule has 0 aromatic heterocycles. The van der Waals surface area contributed by atoms with Gasteiger partial charge in [-0.05, 0) is 18.4 Å². The number of piperidine rings is 1. The zero-order chi connectivity index (χ0) is 17.1. The molecular weight excluding hydrogens is 310 g/mol. The molecule has 0 saturated carbocycles. The van der Waals surface area contributed by atoms with Gasteiger partial charge in [-0.15, -0.1) is 0 Å². The molecule has 3 rings (SSSR count). The Morgan fingerprint density at radius 1 is 1.04 bits per heavy atom. The van der Waals surface area contributed by atoms with Crippen LogP contribution in [-0.4, -0.2) is 65.5 Å². The van der Waals surface area contributed by atoms with Crippen molar-refractivity contribution in [2.45, 2.75) is 25.6 Å². The predicted molar refractivity (Wildman–Crippen MR) is 85.7 cm³/mol. The van der Waals surface area contributed by atoms with Crippen LogP contribution in [0.4, 0.5) is 4.79 Å². The molecule has 2 aliphatic heterocycles. The number of carbonyl (C=O) groups is 3. The van der Waals surface area contributed by atoms with Gasteiger partial charge >= 0.3 is 17.8 Å². The molecule has 0 aliphatic carbocycles.